The van der Waals surface area contributed by atoms with Crippen molar-refractivity contribution in [2.75, 3.05) is 5.73 Å². The topological polar surface area (TPSA) is 64.9 Å². The van der Waals surface area contributed by atoms with Gasteiger partial charge in [0.25, 0.3) is 0 Å². The average molecular weight is 259 g/mol. The molecule has 3 aromatic rings. The third-order valence-corrected chi connectivity index (χ3v) is 4.22. The third kappa shape index (κ3) is 1.51. The second-order valence-electron chi connectivity index (χ2n) is 4.33. The Labute approximate surface area is 108 Å². The maximum Gasteiger partial charge on any atom is 0.199 e. The van der Waals surface area contributed by atoms with E-state index >= 15 is 0 Å². The zero-order valence-corrected chi connectivity index (χ0v) is 11.3. The number of thiophene rings is 1. The summed E-state index contributed by atoms with van der Waals surface area (Å²) in [5, 5.41) is 0.963. The minimum absolute atomic E-state index is 0.521. The molecule has 4 nitrogen and oxygen atoms in total. The summed E-state index contributed by atoms with van der Waals surface area (Å²) >= 11 is 1.64. The van der Waals surface area contributed by atoms with Crippen LogP contribution >= 0.6 is 11.3 Å². The van der Waals surface area contributed by atoms with E-state index in [9.17, 15) is 0 Å². The fourth-order valence-electron chi connectivity index (χ4n) is 1.98. The molecule has 0 amide bonds. The molecule has 0 saturated heterocycles. The summed E-state index contributed by atoms with van der Waals surface area (Å²) in [5.74, 6) is 1.77. The standard InChI is InChI=1S/C13H13N3OS/c1-6-4-5-17-10(6)12-15-11(14)9-7(2)8(3)18-13(9)16-12/h4-5H,1-3H3,(H2,14,15,16). The van der Waals surface area contributed by atoms with Gasteiger partial charge in [-0.1, -0.05) is 0 Å². The number of furan rings is 1. The molecule has 2 N–H and O–H groups in total. The van der Waals surface area contributed by atoms with Crippen LogP contribution in [0.5, 0.6) is 0 Å². The molecule has 0 spiro atoms. The first kappa shape index (κ1) is 11.2. The molecule has 3 heterocycles. The highest BCUT2D eigenvalue weighted by atomic mass is 32.1. The Kier molecular flexibility index (Phi) is 2.38. The molecule has 0 bridgehead atoms. The van der Waals surface area contributed by atoms with E-state index in [1.807, 2.05) is 19.9 Å². The van der Waals surface area contributed by atoms with Crippen LogP contribution in [0.1, 0.15) is 16.0 Å². The molecule has 0 atom stereocenters. The molecule has 5 heteroatoms. The van der Waals surface area contributed by atoms with Crippen LogP contribution in [0, 0.1) is 20.8 Å². The van der Waals surface area contributed by atoms with Gasteiger partial charge in [0, 0.05) is 4.88 Å². The van der Waals surface area contributed by atoms with Crippen molar-refractivity contribution in [2.24, 2.45) is 0 Å². The molecule has 3 aromatic heterocycles. The van der Waals surface area contributed by atoms with Gasteiger partial charge in [-0.3, -0.25) is 0 Å². The number of nitrogens with zero attached hydrogens (tertiary/aromatic N) is 2. The first-order valence-corrected chi connectivity index (χ1v) is 6.47. The predicted octanol–water partition coefficient (Wildman–Crippen LogP) is 3.46. The van der Waals surface area contributed by atoms with Gasteiger partial charge in [-0.25, -0.2) is 9.97 Å². The summed E-state index contributed by atoms with van der Waals surface area (Å²) in [6.07, 6.45) is 1.64. The van der Waals surface area contributed by atoms with Crippen LogP contribution in [-0.4, -0.2) is 9.97 Å². The van der Waals surface area contributed by atoms with Gasteiger partial charge in [-0.15, -0.1) is 11.3 Å². The van der Waals surface area contributed by atoms with Crippen LogP contribution in [0.3, 0.4) is 0 Å². The van der Waals surface area contributed by atoms with Crippen LogP contribution < -0.4 is 5.73 Å². The number of fused-ring (bicyclic) bond motifs is 1. The molecule has 0 aliphatic rings. The van der Waals surface area contributed by atoms with Gasteiger partial charge < -0.3 is 10.2 Å². The average Bonchev–Trinajstić information content (AvgIpc) is 2.84. The first-order chi connectivity index (χ1) is 8.58. The normalized spacial score (nSPS) is 11.3. The Bertz CT molecular complexity index is 742. The SMILES string of the molecule is Cc1ccoc1-c1nc(N)c2c(C)c(C)sc2n1. The molecule has 18 heavy (non-hydrogen) atoms. The number of hydrogen-bond donors (Lipinski definition) is 1. The lowest BCUT2D eigenvalue weighted by Gasteiger charge is -2.01. The van der Waals surface area contributed by atoms with E-state index in [0.717, 1.165) is 21.3 Å². The van der Waals surface area contributed by atoms with E-state index in [1.165, 1.54) is 4.88 Å². The molecule has 0 radical (unpaired) electrons. The summed E-state index contributed by atoms with van der Waals surface area (Å²) in [7, 11) is 0. The number of aryl methyl sites for hydroxylation is 3. The maximum absolute atomic E-state index is 6.04. The van der Waals surface area contributed by atoms with Gasteiger partial charge in [-0.2, -0.15) is 0 Å². The van der Waals surface area contributed by atoms with Gasteiger partial charge in [0.1, 0.15) is 10.6 Å². The molecule has 0 saturated carbocycles. The first-order valence-electron chi connectivity index (χ1n) is 5.65. The smallest absolute Gasteiger partial charge is 0.199 e. The zero-order chi connectivity index (χ0) is 12.9. The largest absolute Gasteiger partial charge is 0.461 e. The summed E-state index contributed by atoms with van der Waals surface area (Å²) < 4.78 is 5.42. The molecule has 0 aromatic carbocycles. The van der Waals surface area contributed by atoms with Crippen molar-refractivity contribution in [3.05, 3.63) is 28.3 Å². The molecular formula is C13H13N3OS. The fraction of sp³-hybridized carbons (Fsp3) is 0.231. The van der Waals surface area contributed by atoms with E-state index < -0.39 is 0 Å². The Morgan fingerprint density at radius 2 is 2.00 bits per heavy atom. The van der Waals surface area contributed by atoms with E-state index in [4.69, 9.17) is 10.2 Å². The minimum atomic E-state index is 0.521. The lowest BCUT2D eigenvalue weighted by Crippen LogP contribution is -1.97. The number of anilines is 1. The van der Waals surface area contributed by atoms with Crippen LogP contribution in [0.4, 0.5) is 5.82 Å². The van der Waals surface area contributed by atoms with E-state index in [-0.39, 0.29) is 0 Å². The zero-order valence-electron chi connectivity index (χ0n) is 10.4. The lowest BCUT2D eigenvalue weighted by atomic mass is 10.2. The second-order valence-corrected chi connectivity index (χ2v) is 5.53. The number of nitrogen functional groups attached to an aromatic ring is 1. The number of aromatic nitrogens is 2. The van der Waals surface area contributed by atoms with E-state index in [2.05, 4.69) is 16.9 Å². The predicted molar refractivity (Wildman–Crippen MR) is 73.7 cm³/mol. The summed E-state index contributed by atoms with van der Waals surface area (Å²) in [4.78, 5) is 11.1. The van der Waals surface area contributed by atoms with Crippen molar-refractivity contribution < 1.29 is 4.42 Å². The number of nitrogens with two attached hydrogens (primary N) is 1. The monoisotopic (exact) mass is 259 g/mol. The lowest BCUT2D eigenvalue weighted by molar-refractivity contribution is 0.576. The van der Waals surface area contributed by atoms with Crippen molar-refractivity contribution in [2.45, 2.75) is 20.8 Å². The quantitative estimate of drug-likeness (QED) is 0.726. The number of rotatable bonds is 1. The maximum atomic E-state index is 6.04. The van der Waals surface area contributed by atoms with Crippen molar-refractivity contribution >= 4 is 27.4 Å². The van der Waals surface area contributed by atoms with Gasteiger partial charge in [-0.05, 0) is 38.0 Å². The Hall–Kier alpha value is -1.88. The van der Waals surface area contributed by atoms with Crippen LogP contribution in [0.15, 0.2) is 16.7 Å². The highest BCUT2D eigenvalue weighted by molar-refractivity contribution is 7.18. The van der Waals surface area contributed by atoms with Crippen LogP contribution in [-0.2, 0) is 0 Å². The molecule has 0 aliphatic carbocycles. The van der Waals surface area contributed by atoms with Gasteiger partial charge in [0.2, 0.25) is 0 Å². The van der Waals surface area contributed by atoms with Crippen molar-refractivity contribution in [3.63, 3.8) is 0 Å². The van der Waals surface area contributed by atoms with Crippen molar-refractivity contribution in [1.29, 1.82) is 0 Å². The van der Waals surface area contributed by atoms with Crippen molar-refractivity contribution in [1.82, 2.24) is 9.97 Å². The molecule has 0 unspecified atom stereocenters. The highest BCUT2D eigenvalue weighted by Gasteiger charge is 2.16. The Balaban J connectivity index is 2.31. The molecule has 0 aliphatic heterocycles. The third-order valence-electron chi connectivity index (χ3n) is 3.12. The molecule has 0 fully saturated rings. The second kappa shape index (κ2) is 3.81. The van der Waals surface area contributed by atoms with E-state index in [1.54, 1.807) is 17.6 Å². The van der Waals surface area contributed by atoms with Crippen LogP contribution in [0.2, 0.25) is 0 Å². The van der Waals surface area contributed by atoms with Crippen LogP contribution in [0.25, 0.3) is 21.8 Å². The van der Waals surface area contributed by atoms with Gasteiger partial charge >= 0.3 is 0 Å². The Morgan fingerprint density at radius 3 is 2.67 bits per heavy atom. The van der Waals surface area contributed by atoms with E-state index in [0.29, 0.717) is 17.4 Å². The Morgan fingerprint density at radius 1 is 1.22 bits per heavy atom. The summed E-state index contributed by atoms with van der Waals surface area (Å²) in [6.45, 7) is 6.08. The highest BCUT2D eigenvalue weighted by Crippen LogP contribution is 2.34. The molecular weight excluding hydrogens is 246 g/mol. The van der Waals surface area contributed by atoms with Crippen molar-refractivity contribution in [3.8, 4) is 11.6 Å². The van der Waals surface area contributed by atoms with Gasteiger partial charge in [0.15, 0.2) is 11.6 Å². The summed E-state index contributed by atoms with van der Waals surface area (Å²) in [6, 6.07) is 1.89. The number of hydrogen-bond acceptors (Lipinski definition) is 5. The fourth-order valence-corrected chi connectivity index (χ4v) is 3.02. The molecule has 3 rings (SSSR count). The summed E-state index contributed by atoms with van der Waals surface area (Å²) in [5.41, 5.74) is 8.22. The van der Waals surface area contributed by atoms with Gasteiger partial charge in [0.05, 0.1) is 11.6 Å². The molecule has 92 valence electrons. The minimum Gasteiger partial charge on any atom is -0.461 e.